The van der Waals surface area contributed by atoms with Crippen LogP contribution in [-0.2, 0) is 17.9 Å². The Bertz CT molecular complexity index is 912. The van der Waals surface area contributed by atoms with Gasteiger partial charge in [-0.1, -0.05) is 17.7 Å². The third-order valence-corrected chi connectivity index (χ3v) is 5.00. The number of alkyl halides is 1. The molecule has 3 heterocycles. The minimum absolute atomic E-state index is 0.143. The fourth-order valence-electron chi connectivity index (χ4n) is 3.36. The lowest BCUT2D eigenvalue weighted by molar-refractivity contribution is -0.131. The molecule has 5 nitrogen and oxygen atoms in total. The summed E-state index contributed by atoms with van der Waals surface area (Å²) in [6.45, 7) is 3.23. The topological polar surface area (TPSA) is 43.1 Å². The highest BCUT2D eigenvalue weighted by atomic mass is 35.5. The first-order valence-electron chi connectivity index (χ1n) is 8.82. The lowest BCUT2D eigenvalue weighted by atomic mass is 10.2. The standard InChI is InChI=1S/C20H21ClN4O/c1-15-6-8-16(9-7-15)25-20(23-11-2-3-12-23)17-13-24(14-18(17)22-25)19(26)5-4-10-21/h2-3,6-9,11-12H,4-5,10,13-14H2,1H3. The summed E-state index contributed by atoms with van der Waals surface area (Å²) >= 11 is 5.72. The molecule has 1 aromatic carbocycles. The van der Waals surface area contributed by atoms with Crippen LogP contribution in [0.15, 0.2) is 48.8 Å². The van der Waals surface area contributed by atoms with Gasteiger partial charge in [0.15, 0.2) is 0 Å². The number of fused-ring (bicyclic) bond motifs is 1. The van der Waals surface area contributed by atoms with Crippen molar-refractivity contribution < 1.29 is 4.79 Å². The SMILES string of the molecule is Cc1ccc(-n2nc3c(c2-n2cccc2)CN(C(=O)CCCCl)C3)cc1. The van der Waals surface area contributed by atoms with Gasteiger partial charge in [0.2, 0.25) is 5.91 Å². The molecule has 0 saturated carbocycles. The first-order chi connectivity index (χ1) is 12.7. The molecule has 0 saturated heterocycles. The molecule has 4 rings (SSSR count). The van der Waals surface area contributed by atoms with Gasteiger partial charge in [-0.2, -0.15) is 5.10 Å². The van der Waals surface area contributed by atoms with E-state index in [0.29, 0.717) is 31.8 Å². The number of aryl methyl sites for hydroxylation is 1. The molecule has 26 heavy (non-hydrogen) atoms. The average Bonchev–Trinajstić information content (AvgIpc) is 3.35. The second-order valence-corrected chi connectivity index (χ2v) is 7.01. The van der Waals surface area contributed by atoms with E-state index in [-0.39, 0.29) is 5.91 Å². The van der Waals surface area contributed by atoms with Gasteiger partial charge < -0.3 is 9.47 Å². The molecule has 2 aromatic heterocycles. The molecule has 1 amide bonds. The van der Waals surface area contributed by atoms with Crippen molar-refractivity contribution in [2.24, 2.45) is 0 Å². The quantitative estimate of drug-likeness (QED) is 0.642. The van der Waals surface area contributed by atoms with E-state index >= 15 is 0 Å². The fourth-order valence-corrected chi connectivity index (χ4v) is 3.49. The highest BCUT2D eigenvalue weighted by Crippen LogP contribution is 2.31. The number of aromatic nitrogens is 3. The fraction of sp³-hybridized carbons (Fsp3) is 0.300. The predicted molar refractivity (Wildman–Crippen MR) is 102 cm³/mol. The zero-order chi connectivity index (χ0) is 18.1. The number of rotatable bonds is 5. The van der Waals surface area contributed by atoms with Gasteiger partial charge >= 0.3 is 0 Å². The molecule has 0 unspecified atom stereocenters. The number of amides is 1. The molecule has 0 spiro atoms. The van der Waals surface area contributed by atoms with Gasteiger partial charge in [0, 0.05) is 30.3 Å². The Labute approximate surface area is 157 Å². The normalized spacial score (nSPS) is 13.2. The van der Waals surface area contributed by atoms with Crippen molar-refractivity contribution in [2.45, 2.75) is 32.9 Å². The van der Waals surface area contributed by atoms with Crippen molar-refractivity contribution in [3.63, 3.8) is 0 Å². The van der Waals surface area contributed by atoms with Gasteiger partial charge in [-0.25, -0.2) is 4.68 Å². The van der Waals surface area contributed by atoms with Gasteiger partial charge in [0.25, 0.3) is 0 Å². The van der Waals surface area contributed by atoms with Crippen molar-refractivity contribution in [3.05, 3.63) is 65.6 Å². The minimum atomic E-state index is 0.143. The number of carbonyl (C=O) groups is 1. The number of hydrogen-bond acceptors (Lipinski definition) is 2. The maximum atomic E-state index is 12.4. The van der Waals surface area contributed by atoms with Crippen molar-refractivity contribution in [1.82, 2.24) is 19.2 Å². The van der Waals surface area contributed by atoms with Crippen LogP contribution in [0.4, 0.5) is 0 Å². The van der Waals surface area contributed by atoms with Gasteiger partial charge in [0.1, 0.15) is 5.82 Å². The Kier molecular flexibility index (Phi) is 4.55. The Morgan fingerprint density at radius 1 is 1.15 bits per heavy atom. The second-order valence-electron chi connectivity index (χ2n) is 6.63. The molecule has 3 aromatic rings. The highest BCUT2D eigenvalue weighted by Gasteiger charge is 2.31. The zero-order valence-corrected chi connectivity index (χ0v) is 15.5. The van der Waals surface area contributed by atoms with Gasteiger partial charge in [-0.05, 0) is 37.6 Å². The molecule has 1 aliphatic rings. The lowest BCUT2D eigenvalue weighted by Gasteiger charge is -2.17. The van der Waals surface area contributed by atoms with E-state index < -0.39 is 0 Å². The maximum Gasteiger partial charge on any atom is 0.223 e. The van der Waals surface area contributed by atoms with Crippen LogP contribution in [0.1, 0.15) is 29.7 Å². The summed E-state index contributed by atoms with van der Waals surface area (Å²) in [7, 11) is 0. The molecule has 0 bridgehead atoms. The molecular formula is C20H21ClN4O. The summed E-state index contributed by atoms with van der Waals surface area (Å²) in [5, 5.41) is 4.84. The van der Waals surface area contributed by atoms with Crippen LogP contribution in [0.25, 0.3) is 11.5 Å². The number of benzene rings is 1. The summed E-state index contributed by atoms with van der Waals surface area (Å²) in [6.07, 6.45) is 5.23. The average molecular weight is 369 g/mol. The molecule has 134 valence electrons. The minimum Gasteiger partial charge on any atom is -0.332 e. The van der Waals surface area contributed by atoms with Crippen LogP contribution < -0.4 is 0 Å². The molecule has 0 atom stereocenters. The smallest absolute Gasteiger partial charge is 0.223 e. The van der Waals surface area contributed by atoms with Crippen LogP contribution in [0.5, 0.6) is 0 Å². The first-order valence-corrected chi connectivity index (χ1v) is 9.35. The number of nitrogens with zero attached hydrogens (tertiary/aromatic N) is 4. The van der Waals surface area contributed by atoms with Crippen LogP contribution in [0.2, 0.25) is 0 Å². The first kappa shape index (κ1) is 16.9. The summed E-state index contributed by atoms with van der Waals surface area (Å²) in [5.74, 6) is 1.66. The highest BCUT2D eigenvalue weighted by molar-refractivity contribution is 6.17. The summed E-state index contributed by atoms with van der Waals surface area (Å²) in [5.41, 5.74) is 4.32. The third-order valence-electron chi connectivity index (χ3n) is 4.73. The summed E-state index contributed by atoms with van der Waals surface area (Å²) < 4.78 is 4.04. The number of hydrogen-bond donors (Lipinski definition) is 0. The van der Waals surface area contributed by atoms with Crippen LogP contribution in [0, 0.1) is 6.92 Å². The van der Waals surface area contributed by atoms with Gasteiger partial charge in [-0.15, -0.1) is 11.6 Å². The van der Waals surface area contributed by atoms with E-state index in [9.17, 15) is 4.79 Å². The zero-order valence-electron chi connectivity index (χ0n) is 14.7. The lowest BCUT2D eigenvalue weighted by Crippen LogP contribution is -2.26. The Morgan fingerprint density at radius 3 is 2.58 bits per heavy atom. The molecule has 0 N–H and O–H groups in total. The molecule has 0 radical (unpaired) electrons. The van der Waals surface area contributed by atoms with Crippen LogP contribution in [0.3, 0.4) is 0 Å². The monoisotopic (exact) mass is 368 g/mol. The molecule has 0 aliphatic carbocycles. The molecule has 6 heteroatoms. The number of carbonyl (C=O) groups excluding carboxylic acids is 1. The molecule has 0 fully saturated rings. The summed E-state index contributed by atoms with van der Waals surface area (Å²) in [6, 6.07) is 12.3. The second kappa shape index (κ2) is 7.00. The van der Waals surface area contributed by atoms with E-state index in [4.69, 9.17) is 16.7 Å². The molecular weight excluding hydrogens is 348 g/mol. The molecule has 1 aliphatic heterocycles. The van der Waals surface area contributed by atoms with E-state index in [1.165, 1.54) is 5.56 Å². The van der Waals surface area contributed by atoms with E-state index in [1.807, 2.05) is 34.1 Å². The van der Waals surface area contributed by atoms with Crippen LogP contribution in [-0.4, -0.2) is 31.0 Å². The van der Waals surface area contributed by atoms with E-state index in [0.717, 1.165) is 22.8 Å². The van der Waals surface area contributed by atoms with E-state index in [1.54, 1.807) is 0 Å². The van der Waals surface area contributed by atoms with Crippen molar-refractivity contribution in [3.8, 4) is 11.5 Å². The van der Waals surface area contributed by atoms with Crippen molar-refractivity contribution in [2.75, 3.05) is 5.88 Å². The summed E-state index contributed by atoms with van der Waals surface area (Å²) in [4.78, 5) is 14.3. The Balaban J connectivity index is 1.72. The third kappa shape index (κ3) is 3.03. The Morgan fingerprint density at radius 2 is 1.88 bits per heavy atom. The Hall–Kier alpha value is -2.53. The number of halogens is 1. The van der Waals surface area contributed by atoms with Crippen LogP contribution >= 0.6 is 11.6 Å². The van der Waals surface area contributed by atoms with E-state index in [2.05, 4.69) is 35.8 Å². The largest absolute Gasteiger partial charge is 0.332 e. The van der Waals surface area contributed by atoms with Gasteiger partial charge in [-0.3, -0.25) is 4.79 Å². The predicted octanol–water partition coefficient (Wildman–Crippen LogP) is 3.83. The van der Waals surface area contributed by atoms with Crippen molar-refractivity contribution >= 4 is 17.5 Å². The maximum absolute atomic E-state index is 12.4. The van der Waals surface area contributed by atoms with Gasteiger partial charge in [0.05, 0.1) is 24.5 Å². The van der Waals surface area contributed by atoms with Crippen molar-refractivity contribution in [1.29, 1.82) is 0 Å².